The van der Waals surface area contributed by atoms with Gasteiger partial charge in [0.05, 0.1) is 12.6 Å². The van der Waals surface area contributed by atoms with E-state index in [0.717, 1.165) is 32.6 Å². The van der Waals surface area contributed by atoms with E-state index < -0.39 is 0 Å². The normalized spacial score (nSPS) is 28.3. The van der Waals surface area contributed by atoms with Crippen LogP contribution in [0.25, 0.3) is 0 Å². The molecular weight excluding hydrogens is 194 g/mol. The van der Waals surface area contributed by atoms with Crippen LogP contribution in [0.4, 0.5) is 0 Å². The minimum atomic E-state index is -0.308. The Balaban J connectivity index is 1.76. The number of carbonyl (C=O) groups excluding carboxylic acids is 1. The molecule has 2 aliphatic heterocycles. The van der Waals surface area contributed by atoms with Crippen LogP contribution in [0.3, 0.4) is 0 Å². The van der Waals surface area contributed by atoms with Gasteiger partial charge in [0.1, 0.15) is 0 Å². The van der Waals surface area contributed by atoms with Crippen molar-refractivity contribution >= 4 is 5.91 Å². The molecule has 2 N–H and O–H groups in total. The molecule has 0 aromatic heterocycles. The Morgan fingerprint density at radius 3 is 2.67 bits per heavy atom. The summed E-state index contributed by atoms with van der Waals surface area (Å²) >= 11 is 0. The van der Waals surface area contributed by atoms with Crippen molar-refractivity contribution in [3.8, 4) is 0 Å². The van der Waals surface area contributed by atoms with Gasteiger partial charge < -0.3 is 15.3 Å². The molecule has 1 amide bonds. The van der Waals surface area contributed by atoms with Crippen LogP contribution < -0.4 is 5.32 Å². The fourth-order valence-electron chi connectivity index (χ4n) is 2.13. The minimum absolute atomic E-state index is 0.161. The number of carbonyl (C=O) groups is 1. The average molecular weight is 213 g/mol. The highest BCUT2D eigenvalue weighted by Crippen LogP contribution is 2.09. The maximum absolute atomic E-state index is 11.8. The van der Waals surface area contributed by atoms with Crippen molar-refractivity contribution in [3.05, 3.63) is 0 Å². The van der Waals surface area contributed by atoms with Gasteiger partial charge in [-0.15, -0.1) is 0 Å². The number of β-amino-alcohol motifs (C(OH)–C–C–N with tert-alkyl or cyclic N) is 1. The van der Waals surface area contributed by atoms with Crippen molar-refractivity contribution in [1.82, 2.24) is 15.1 Å². The standard InChI is InChI=1S/C10H19N3O2/c14-9-1-4-13(7-9)10(15)8-12-5-2-11-3-6-12/h9,11,14H,1-8H2. The zero-order valence-corrected chi connectivity index (χ0v) is 8.98. The summed E-state index contributed by atoms with van der Waals surface area (Å²) in [6.45, 7) is 5.57. The maximum atomic E-state index is 11.8. The quantitative estimate of drug-likeness (QED) is 0.585. The molecule has 2 aliphatic rings. The van der Waals surface area contributed by atoms with E-state index in [1.165, 1.54) is 0 Å². The number of likely N-dealkylation sites (tertiary alicyclic amines) is 1. The van der Waals surface area contributed by atoms with Crippen molar-refractivity contribution in [1.29, 1.82) is 0 Å². The van der Waals surface area contributed by atoms with Crippen molar-refractivity contribution in [2.75, 3.05) is 45.8 Å². The third-order valence-corrected chi connectivity index (χ3v) is 3.08. The summed E-state index contributed by atoms with van der Waals surface area (Å²) in [4.78, 5) is 15.8. The second kappa shape index (κ2) is 4.92. The molecule has 0 aliphatic carbocycles. The Morgan fingerprint density at radius 1 is 1.33 bits per heavy atom. The van der Waals surface area contributed by atoms with E-state index in [0.29, 0.717) is 19.6 Å². The highest BCUT2D eigenvalue weighted by atomic mass is 16.3. The first-order valence-corrected chi connectivity index (χ1v) is 5.64. The first kappa shape index (κ1) is 10.9. The van der Waals surface area contributed by atoms with E-state index in [1.54, 1.807) is 4.90 Å². The summed E-state index contributed by atoms with van der Waals surface area (Å²) in [5, 5.41) is 12.6. The van der Waals surface area contributed by atoms with Crippen molar-refractivity contribution in [2.45, 2.75) is 12.5 Å². The minimum Gasteiger partial charge on any atom is -0.391 e. The third-order valence-electron chi connectivity index (χ3n) is 3.08. The molecule has 5 heteroatoms. The Hall–Kier alpha value is -0.650. The number of nitrogens with zero attached hydrogens (tertiary/aromatic N) is 2. The number of rotatable bonds is 2. The van der Waals surface area contributed by atoms with E-state index >= 15 is 0 Å². The molecule has 0 spiro atoms. The molecule has 0 saturated carbocycles. The van der Waals surface area contributed by atoms with Crippen LogP contribution in [0.15, 0.2) is 0 Å². The first-order valence-electron chi connectivity index (χ1n) is 5.64. The molecule has 5 nitrogen and oxygen atoms in total. The Labute approximate surface area is 90.0 Å². The Morgan fingerprint density at radius 2 is 2.07 bits per heavy atom. The maximum Gasteiger partial charge on any atom is 0.236 e. The smallest absolute Gasteiger partial charge is 0.236 e. The molecule has 0 radical (unpaired) electrons. The molecule has 2 heterocycles. The fourth-order valence-corrected chi connectivity index (χ4v) is 2.13. The van der Waals surface area contributed by atoms with Crippen molar-refractivity contribution < 1.29 is 9.90 Å². The molecular formula is C10H19N3O2. The lowest BCUT2D eigenvalue weighted by Gasteiger charge is -2.28. The fraction of sp³-hybridized carbons (Fsp3) is 0.900. The molecule has 0 bridgehead atoms. The van der Waals surface area contributed by atoms with Crippen LogP contribution in [0.2, 0.25) is 0 Å². The predicted molar refractivity (Wildman–Crippen MR) is 56.5 cm³/mol. The van der Waals surface area contributed by atoms with E-state index in [1.807, 2.05) is 0 Å². The molecule has 2 saturated heterocycles. The summed E-state index contributed by atoms with van der Waals surface area (Å²) in [5.74, 6) is 0.161. The van der Waals surface area contributed by atoms with Crippen LogP contribution in [0, 0.1) is 0 Å². The van der Waals surface area contributed by atoms with Crippen LogP contribution in [0.5, 0.6) is 0 Å². The van der Waals surface area contributed by atoms with Gasteiger partial charge in [-0.25, -0.2) is 0 Å². The third kappa shape index (κ3) is 2.90. The van der Waals surface area contributed by atoms with E-state index in [4.69, 9.17) is 0 Å². The Bertz CT molecular complexity index is 229. The highest BCUT2D eigenvalue weighted by molar-refractivity contribution is 5.78. The number of aliphatic hydroxyl groups is 1. The second-order valence-corrected chi connectivity index (χ2v) is 4.31. The molecule has 1 atom stereocenters. The van der Waals surface area contributed by atoms with E-state index in [9.17, 15) is 9.90 Å². The van der Waals surface area contributed by atoms with Gasteiger partial charge in [0, 0.05) is 39.3 Å². The highest BCUT2D eigenvalue weighted by Gasteiger charge is 2.25. The SMILES string of the molecule is O=C(CN1CCNCC1)N1CCC(O)C1. The molecule has 2 fully saturated rings. The Kier molecular flexibility index (Phi) is 3.56. The number of nitrogens with one attached hydrogen (secondary N) is 1. The van der Waals surface area contributed by atoms with Crippen LogP contribution in [0.1, 0.15) is 6.42 Å². The van der Waals surface area contributed by atoms with E-state index in [-0.39, 0.29) is 12.0 Å². The lowest BCUT2D eigenvalue weighted by molar-refractivity contribution is -0.131. The van der Waals surface area contributed by atoms with Gasteiger partial charge in [0.2, 0.25) is 5.91 Å². The molecule has 0 aromatic carbocycles. The summed E-state index contributed by atoms with van der Waals surface area (Å²) in [5.41, 5.74) is 0. The van der Waals surface area contributed by atoms with Crippen LogP contribution >= 0.6 is 0 Å². The number of amides is 1. The van der Waals surface area contributed by atoms with Gasteiger partial charge >= 0.3 is 0 Å². The van der Waals surface area contributed by atoms with Gasteiger partial charge in [-0.2, -0.15) is 0 Å². The molecule has 1 unspecified atom stereocenters. The second-order valence-electron chi connectivity index (χ2n) is 4.31. The van der Waals surface area contributed by atoms with Crippen LogP contribution in [-0.2, 0) is 4.79 Å². The first-order chi connectivity index (χ1) is 7.25. The number of aliphatic hydroxyl groups excluding tert-OH is 1. The van der Waals surface area contributed by atoms with Crippen molar-refractivity contribution in [3.63, 3.8) is 0 Å². The van der Waals surface area contributed by atoms with Gasteiger partial charge in [-0.1, -0.05) is 0 Å². The van der Waals surface area contributed by atoms with Crippen molar-refractivity contribution in [2.24, 2.45) is 0 Å². The largest absolute Gasteiger partial charge is 0.391 e. The van der Waals surface area contributed by atoms with E-state index in [2.05, 4.69) is 10.2 Å². The summed E-state index contributed by atoms with van der Waals surface area (Å²) < 4.78 is 0. The number of hydrogen-bond acceptors (Lipinski definition) is 4. The van der Waals surface area contributed by atoms with Gasteiger partial charge in [-0.3, -0.25) is 9.69 Å². The molecule has 86 valence electrons. The molecule has 15 heavy (non-hydrogen) atoms. The lowest BCUT2D eigenvalue weighted by atomic mass is 10.3. The monoisotopic (exact) mass is 213 g/mol. The average Bonchev–Trinajstić information content (AvgIpc) is 2.66. The van der Waals surface area contributed by atoms with Gasteiger partial charge in [0.15, 0.2) is 0 Å². The summed E-state index contributed by atoms with van der Waals surface area (Å²) in [6.07, 6.45) is 0.421. The zero-order valence-electron chi connectivity index (χ0n) is 8.98. The zero-order chi connectivity index (χ0) is 10.7. The predicted octanol–water partition coefficient (Wildman–Crippen LogP) is -1.52. The van der Waals surface area contributed by atoms with Gasteiger partial charge in [0.25, 0.3) is 0 Å². The van der Waals surface area contributed by atoms with Gasteiger partial charge in [-0.05, 0) is 6.42 Å². The number of hydrogen-bond donors (Lipinski definition) is 2. The van der Waals surface area contributed by atoms with Crippen LogP contribution in [-0.4, -0.2) is 72.7 Å². The topological polar surface area (TPSA) is 55.8 Å². The lowest BCUT2D eigenvalue weighted by Crippen LogP contribution is -2.48. The molecule has 0 aromatic rings. The summed E-state index contributed by atoms with van der Waals surface area (Å²) in [6, 6.07) is 0. The number of piperazine rings is 1. The summed E-state index contributed by atoms with van der Waals surface area (Å²) in [7, 11) is 0. The molecule has 2 rings (SSSR count).